The highest BCUT2D eigenvalue weighted by Crippen LogP contribution is 2.20. The van der Waals surface area contributed by atoms with Crippen molar-refractivity contribution in [3.8, 4) is 12.1 Å². The highest BCUT2D eigenvalue weighted by Gasteiger charge is 2.17. The molecule has 0 unspecified atom stereocenters. The van der Waals surface area contributed by atoms with Gasteiger partial charge in [0.15, 0.2) is 0 Å². The van der Waals surface area contributed by atoms with Gasteiger partial charge in [0, 0.05) is 12.7 Å². The maximum absolute atomic E-state index is 12.1. The van der Waals surface area contributed by atoms with Crippen LogP contribution in [0.4, 0.5) is 5.82 Å². The van der Waals surface area contributed by atoms with E-state index in [1.807, 2.05) is 19.1 Å². The lowest BCUT2D eigenvalue weighted by atomic mass is 10.2. The van der Waals surface area contributed by atoms with E-state index in [4.69, 9.17) is 22.1 Å². The quantitative estimate of drug-likeness (QED) is 0.810. The van der Waals surface area contributed by atoms with E-state index in [0.29, 0.717) is 10.8 Å². The fourth-order valence-electron chi connectivity index (χ4n) is 1.48. The minimum atomic E-state index is -0.440. The van der Waals surface area contributed by atoms with Crippen molar-refractivity contribution < 1.29 is 4.79 Å². The zero-order valence-electron chi connectivity index (χ0n) is 11.1. The molecule has 0 fully saturated rings. The third-order valence-corrected chi connectivity index (χ3v) is 2.73. The van der Waals surface area contributed by atoms with Crippen molar-refractivity contribution >= 4 is 23.3 Å². The van der Waals surface area contributed by atoms with Crippen molar-refractivity contribution in [2.24, 2.45) is 0 Å². The summed E-state index contributed by atoms with van der Waals surface area (Å²) in [5.74, 6) is 0.0710. The number of hydrogen-bond donors (Lipinski definition) is 1. The molecule has 104 valence electrons. The molecule has 1 amide bonds. The monoisotopic (exact) mass is 291 g/mol. The predicted octanol–water partition coefficient (Wildman–Crippen LogP) is 2.05. The van der Waals surface area contributed by atoms with Gasteiger partial charge in [-0.3, -0.25) is 4.79 Å². The zero-order valence-corrected chi connectivity index (χ0v) is 11.8. The summed E-state index contributed by atoms with van der Waals surface area (Å²) in [6.07, 6.45) is 2.31. The average Bonchev–Trinajstić information content (AvgIpc) is 2.45. The van der Waals surface area contributed by atoms with Gasteiger partial charge in [-0.2, -0.15) is 10.5 Å². The number of amides is 1. The lowest BCUT2D eigenvalue weighted by Crippen LogP contribution is -2.31. The molecule has 7 heteroatoms. The number of nitrogens with one attached hydrogen (secondary N) is 1. The first-order chi connectivity index (χ1) is 9.63. The molecule has 0 spiro atoms. The van der Waals surface area contributed by atoms with Gasteiger partial charge in [-0.1, -0.05) is 18.5 Å². The third-order valence-electron chi connectivity index (χ3n) is 2.44. The number of aromatic nitrogens is 1. The van der Waals surface area contributed by atoms with Crippen molar-refractivity contribution in [3.63, 3.8) is 0 Å². The normalized spacial score (nSPS) is 9.40. The standard InChI is InChI=1S/C13H14ClN5O/c1-2-5-17-12-11(14)8-10(9-18-12)13(20)19(6-3-15)7-4-16/h8-9H,2,5-7H2,1H3,(H,17,18). The molecule has 1 aromatic rings. The Bertz CT molecular complexity index is 545. The molecule has 0 saturated carbocycles. The largest absolute Gasteiger partial charge is 0.369 e. The van der Waals surface area contributed by atoms with Crippen LogP contribution < -0.4 is 5.32 Å². The lowest BCUT2D eigenvalue weighted by molar-refractivity contribution is 0.0794. The molecule has 0 aromatic carbocycles. The van der Waals surface area contributed by atoms with E-state index >= 15 is 0 Å². The Morgan fingerprint density at radius 3 is 2.60 bits per heavy atom. The second-order valence-electron chi connectivity index (χ2n) is 3.96. The maximum Gasteiger partial charge on any atom is 0.257 e. The Kier molecular flexibility index (Phi) is 6.28. The van der Waals surface area contributed by atoms with Gasteiger partial charge in [-0.25, -0.2) is 4.98 Å². The molecule has 0 aliphatic rings. The maximum atomic E-state index is 12.1. The Hall–Kier alpha value is -2.31. The van der Waals surface area contributed by atoms with Crippen LogP contribution in [0.2, 0.25) is 5.02 Å². The molecular weight excluding hydrogens is 278 g/mol. The molecule has 0 aliphatic heterocycles. The van der Waals surface area contributed by atoms with E-state index in [2.05, 4.69) is 10.3 Å². The van der Waals surface area contributed by atoms with Gasteiger partial charge in [0.2, 0.25) is 0 Å². The van der Waals surface area contributed by atoms with Crippen LogP contribution >= 0.6 is 11.6 Å². The summed E-state index contributed by atoms with van der Waals surface area (Å²) >= 11 is 6.04. The third kappa shape index (κ3) is 4.11. The second kappa shape index (κ2) is 7.98. The molecule has 6 nitrogen and oxygen atoms in total. The van der Waals surface area contributed by atoms with Gasteiger partial charge in [-0.05, 0) is 12.5 Å². The average molecular weight is 292 g/mol. The number of hydrogen-bond acceptors (Lipinski definition) is 5. The second-order valence-corrected chi connectivity index (χ2v) is 4.37. The van der Waals surface area contributed by atoms with E-state index in [0.717, 1.165) is 17.9 Å². The van der Waals surface area contributed by atoms with Crippen LogP contribution in [0.5, 0.6) is 0 Å². The van der Waals surface area contributed by atoms with E-state index in [9.17, 15) is 4.79 Å². The minimum Gasteiger partial charge on any atom is -0.369 e. The first-order valence-electron chi connectivity index (χ1n) is 6.06. The van der Waals surface area contributed by atoms with E-state index in [1.54, 1.807) is 0 Å². The number of nitriles is 2. The van der Waals surface area contributed by atoms with Crippen molar-refractivity contribution in [1.29, 1.82) is 10.5 Å². The highest BCUT2D eigenvalue weighted by atomic mass is 35.5. The number of carbonyl (C=O) groups is 1. The molecular formula is C13H14ClN5O. The van der Waals surface area contributed by atoms with E-state index in [1.165, 1.54) is 12.3 Å². The fourth-order valence-corrected chi connectivity index (χ4v) is 1.71. The Morgan fingerprint density at radius 2 is 2.10 bits per heavy atom. The van der Waals surface area contributed by atoms with Crippen LogP contribution in [0.3, 0.4) is 0 Å². The molecule has 0 aliphatic carbocycles. The Balaban J connectivity index is 2.91. The van der Waals surface area contributed by atoms with Gasteiger partial charge >= 0.3 is 0 Å². The van der Waals surface area contributed by atoms with Crippen LogP contribution in [0.25, 0.3) is 0 Å². The van der Waals surface area contributed by atoms with Crippen LogP contribution in [0.15, 0.2) is 12.3 Å². The summed E-state index contributed by atoms with van der Waals surface area (Å²) in [5, 5.41) is 20.7. The van der Waals surface area contributed by atoms with Gasteiger partial charge in [0.1, 0.15) is 18.9 Å². The van der Waals surface area contributed by atoms with Crippen molar-refractivity contribution in [2.45, 2.75) is 13.3 Å². The van der Waals surface area contributed by atoms with Gasteiger partial charge < -0.3 is 10.2 Å². The highest BCUT2D eigenvalue weighted by molar-refractivity contribution is 6.33. The number of halogens is 1. The molecule has 1 N–H and O–H groups in total. The van der Waals surface area contributed by atoms with Crippen molar-refractivity contribution in [3.05, 3.63) is 22.8 Å². The van der Waals surface area contributed by atoms with Gasteiger partial charge in [-0.15, -0.1) is 0 Å². The summed E-state index contributed by atoms with van der Waals surface area (Å²) in [6, 6.07) is 5.17. The first-order valence-corrected chi connectivity index (χ1v) is 6.44. The molecule has 0 atom stereocenters. The topological polar surface area (TPSA) is 92.8 Å². The number of nitrogens with zero attached hydrogens (tertiary/aromatic N) is 4. The van der Waals surface area contributed by atoms with Crippen LogP contribution in [0, 0.1) is 22.7 Å². The first kappa shape index (κ1) is 15.7. The number of anilines is 1. The Morgan fingerprint density at radius 1 is 1.45 bits per heavy atom. The number of pyridine rings is 1. The predicted molar refractivity (Wildman–Crippen MR) is 75.2 cm³/mol. The molecule has 1 aromatic heterocycles. The molecule has 1 heterocycles. The summed E-state index contributed by atoms with van der Waals surface area (Å²) in [6.45, 7) is 2.44. The summed E-state index contributed by atoms with van der Waals surface area (Å²) in [4.78, 5) is 17.3. The van der Waals surface area contributed by atoms with Gasteiger partial charge in [0.25, 0.3) is 5.91 Å². The molecule has 0 radical (unpaired) electrons. The smallest absolute Gasteiger partial charge is 0.257 e. The van der Waals surface area contributed by atoms with E-state index in [-0.39, 0.29) is 18.7 Å². The summed E-state index contributed by atoms with van der Waals surface area (Å²) in [7, 11) is 0. The summed E-state index contributed by atoms with van der Waals surface area (Å²) in [5.41, 5.74) is 0.252. The van der Waals surface area contributed by atoms with Crippen LogP contribution in [-0.2, 0) is 0 Å². The zero-order chi connectivity index (χ0) is 15.0. The lowest BCUT2D eigenvalue weighted by Gasteiger charge is -2.16. The Labute approximate surface area is 122 Å². The van der Waals surface area contributed by atoms with E-state index < -0.39 is 5.91 Å². The fraction of sp³-hybridized carbons (Fsp3) is 0.385. The van der Waals surface area contributed by atoms with Crippen molar-refractivity contribution in [1.82, 2.24) is 9.88 Å². The SMILES string of the molecule is CCCNc1ncc(C(=O)N(CC#N)CC#N)cc1Cl. The van der Waals surface area contributed by atoms with Crippen molar-refractivity contribution in [2.75, 3.05) is 25.0 Å². The summed E-state index contributed by atoms with van der Waals surface area (Å²) < 4.78 is 0. The number of carbonyl (C=O) groups excluding carboxylic acids is 1. The molecule has 1 rings (SSSR count). The molecule has 20 heavy (non-hydrogen) atoms. The van der Waals surface area contributed by atoms with Crippen LogP contribution in [0.1, 0.15) is 23.7 Å². The van der Waals surface area contributed by atoms with Crippen LogP contribution in [-0.4, -0.2) is 35.4 Å². The molecule has 0 bridgehead atoms. The molecule has 0 saturated heterocycles. The number of rotatable bonds is 6. The minimum absolute atomic E-state index is 0.153. The van der Waals surface area contributed by atoms with Gasteiger partial charge in [0.05, 0.1) is 22.7 Å².